The molecule has 0 N–H and O–H groups in total. The molecule has 2 nitrogen and oxygen atoms in total. The molecule has 0 amide bonds. The van der Waals surface area contributed by atoms with Crippen molar-refractivity contribution in [3.05, 3.63) is 193 Å². The third-order valence-corrected chi connectivity index (χ3v) is 10.0. The van der Waals surface area contributed by atoms with Crippen molar-refractivity contribution in [3.8, 4) is 22.3 Å². The maximum absolute atomic E-state index is 6.35. The minimum absolute atomic E-state index is 0.0286. The number of hydrogen-bond donors (Lipinski definition) is 0. The van der Waals surface area contributed by atoms with Crippen LogP contribution in [-0.4, -0.2) is 0 Å². The Morgan fingerprint density at radius 2 is 0.857 bits per heavy atom. The normalized spacial score (nSPS) is 12.4. The van der Waals surface area contributed by atoms with Gasteiger partial charge < -0.3 is 8.83 Å². The smallest absolute Gasteiger partial charge is 0.136 e. The second kappa shape index (κ2) is 11.1. The predicted molar refractivity (Wildman–Crippen MR) is 203 cm³/mol. The Balaban J connectivity index is 1.09. The standard InChI is InChI=1S/C47H30O2/c1-2-9-30(10-3-1)31-17-21-33(22-18-31)47(36-25-26-40-38-12-4-6-15-43(38)48-45(40)28-36)34-23-19-32(20-24-34)37-14-8-11-35-27-46-42(29-41(35)37)39-13-5-7-16-44(39)49-46/h1-29,47H. The van der Waals surface area contributed by atoms with Crippen LogP contribution in [0.2, 0.25) is 0 Å². The van der Waals surface area contributed by atoms with Crippen LogP contribution >= 0.6 is 0 Å². The van der Waals surface area contributed by atoms with Crippen molar-refractivity contribution in [2.45, 2.75) is 5.92 Å². The lowest BCUT2D eigenvalue weighted by Gasteiger charge is -2.20. The molecule has 0 radical (unpaired) electrons. The molecule has 49 heavy (non-hydrogen) atoms. The van der Waals surface area contributed by atoms with Gasteiger partial charge in [0.15, 0.2) is 0 Å². The molecule has 0 saturated heterocycles. The summed E-state index contributed by atoms with van der Waals surface area (Å²) in [5.74, 6) is 0.0286. The first-order valence-electron chi connectivity index (χ1n) is 16.8. The Labute approximate surface area is 283 Å². The molecule has 1 unspecified atom stereocenters. The van der Waals surface area contributed by atoms with Crippen LogP contribution in [0.25, 0.3) is 76.9 Å². The number of para-hydroxylation sites is 2. The van der Waals surface area contributed by atoms with Gasteiger partial charge in [-0.25, -0.2) is 0 Å². The zero-order chi connectivity index (χ0) is 32.3. The predicted octanol–water partition coefficient (Wildman–Crippen LogP) is 13.2. The molecule has 230 valence electrons. The Morgan fingerprint density at radius 3 is 1.57 bits per heavy atom. The van der Waals surface area contributed by atoms with Gasteiger partial charge in [-0.3, -0.25) is 0 Å². The third-order valence-electron chi connectivity index (χ3n) is 10.0. The summed E-state index contributed by atoms with van der Waals surface area (Å²) in [6.45, 7) is 0. The quantitative estimate of drug-likeness (QED) is 0.178. The highest BCUT2D eigenvalue weighted by Crippen LogP contribution is 2.40. The minimum atomic E-state index is 0.0286. The van der Waals surface area contributed by atoms with Crippen LogP contribution in [0.5, 0.6) is 0 Å². The molecule has 0 spiro atoms. The first-order valence-corrected chi connectivity index (χ1v) is 16.8. The van der Waals surface area contributed by atoms with Crippen LogP contribution < -0.4 is 0 Å². The highest BCUT2D eigenvalue weighted by Gasteiger charge is 2.20. The number of rotatable bonds is 5. The SMILES string of the molecule is c1ccc(-c2ccc(C(c3ccc(-c4cccc5cc6oc7ccccc7c6cc45)cc3)c3ccc4c(c3)oc3ccccc34)cc2)cc1. The lowest BCUT2D eigenvalue weighted by Crippen LogP contribution is -2.03. The highest BCUT2D eigenvalue weighted by molar-refractivity contribution is 6.12. The van der Waals surface area contributed by atoms with Crippen LogP contribution in [0.15, 0.2) is 185 Å². The second-order valence-corrected chi connectivity index (χ2v) is 12.9. The Kier molecular flexibility index (Phi) is 6.28. The fourth-order valence-corrected chi connectivity index (χ4v) is 7.60. The first-order chi connectivity index (χ1) is 24.3. The average molecular weight is 627 g/mol. The highest BCUT2D eigenvalue weighted by atomic mass is 16.3. The van der Waals surface area contributed by atoms with Gasteiger partial charge in [-0.2, -0.15) is 0 Å². The molecule has 2 heteroatoms. The van der Waals surface area contributed by atoms with E-state index in [1.807, 2.05) is 24.3 Å². The average Bonchev–Trinajstić information content (AvgIpc) is 3.72. The van der Waals surface area contributed by atoms with E-state index in [1.165, 1.54) is 49.7 Å². The van der Waals surface area contributed by atoms with Crippen molar-refractivity contribution in [1.82, 2.24) is 0 Å². The molecule has 0 bridgehead atoms. The molecular formula is C47H30O2. The van der Waals surface area contributed by atoms with Gasteiger partial charge in [-0.1, -0.05) is 146 Å². The lowest BCUT2D eigenvalue weighted by atomic mass is 9.83. The van der Waals surface area contributed by atoms with E-state index in [0.29, 0.717) is 0 Å². The Hall–Kier alpha value is -6.38. The number of furan rings is 2. The van der Waals surface area contributed by atoms with Gasteiger partial charge in [-0.05, 0) is 80.0 Å². The summed E-state index contributed by atoms with van der Waals surface area (Å²) in [5.41, 5.74) is 12.2. The van der Waals surface area contributed by atoms with E-state index in [0.717, 1.165) is 43.9 Å². The van der Waals surface area contributed by atoms with Crippen molar-refractivity contribution < 1.29 is 8.83 Å². The van der Waals surface area contributed by atoms with Gasteiger partial charge in [0.25, 0.3) is 0 Å². The van der Waals surface area contributed by atoms with Crippen molar-refractivity contribution in [2.75, 3.05) is 0 Å². The second-order valence-electron chi connectivity index (χ2n) is 12.9. The Morgan fingerprint density at radius 1 is 0.306 bits per heavy atom. The monoisotopic (exact) mass is 626 g/mol. The summed E-state index contributed by atoms with van der Waals surface area (Å²) in [7, 11) is 0. The van der Waals surface area contributed by atoms with Crippen LogP contribution in [-0.2, 0) is 0 Å². The third kappa shape index (κ3) is 4.64. The number of benzene rings is 8. The molecule has 10 aromatic rings. The van der Waals surface area contributed by atoms with Crippen molar-refractivity contribution in [3.63, 3.8) is 0 Å². The van der Waals surface area contributed by atoms with Crippen LogP contribution in [0.3, 0.4) is 0 Å². The summed E-state index contributed by atoms with van der Waals surface area (Å²) >= 11 is 0. The van der Waals surface area contributed by atoms with Gasteiger partial charge in [0.2, 0.25) is 0 Å². The van der Waals surface area contributed by atoms with Gasteiger partial charge >= 0.3 is 0 Å². The van der Waals surface area contributed by atoms with E-state index < -0.39 is 0 Å². The molecule has 0 saturated carbocycles. The topological polar surface area (TPSA) is 26.3 Å². The molecule has 2 heterocycles. The fraction of sp³-hybridized carbons (Fsp3) is 0.0213. The summed E-state index contributed by atoms with van der Waals surface area (Å²) in [5, 5.41) is 6.97. The van der Waals surface area contributed by atoms with E-state index in [9.17, 15) is 0 Å². The zero-order valence-corrected chi connectivity index (χ0v) is 26.6. The molecule has 8 aromatic carbocycles. The maximum Gasteiger partial charge on any atom is 0.136 e. The Bertz CT molecular complexity index is 2800. The van der Waals surface area contributed by atoms with E-state index in [-0.39, 0.29) is 5.92 Å². The molecule has 0 aliphatic rings. The van der Waals surface area contributed by atoms with Crippen LogP contribution in [0.4, 0.5) is 0 Å². The zero-order valence-electron chi connectivity index (χ0n) is 26.6. The van der Waals surface area contributed by atoms with Gasteiger partial charge in [0, 0.05) is 27.5 Å². The molecule has 0 aliphatic heterocycles. The number of fused-ring (bicyclic) bond motifs is 7. The molecule has 10 rings (SSSR count). The fourth-order valence-electron chi connectivity index (χ4n) is 7.60. The van der Waals surface area contributed by atoms with Gasteiger partial charge in [0.05, 0.1) is 0 Å². The molecular weight excluding hydrogens is 597 g/mol. The molecule has 0 fully saturated rings. The maximum atomic E-state index is 6.35. The van der Waals surface area contributed by atoms with Crippen molar-refractivity contribution >= 4 is 54.6 Å². The summed E-state index contributed by atoms with van der Waals surface area (Å²) < 4.78 is 12.6. The summed E-state index contributed by atoms with van der Waals surface area (Å²) in [6.07, 6.45) is 0. The lowest BCUT2D eigenvalue weighted by molar-refractivity contribution is 0.668. The van der Waals surface area contributed by atoms with Crippen molar-refractivity contribution in [2.24, 2.45) is 0 Å². The molecule has 0 aliphatic carbocycles. The van der Waals surface area contributed by atoms with Gasteiger partial charge in [0.1, 0.15) is 22.3 Å². The summed E-state index contributed by atoms with van der Waals surface area (Å²) in [6, 6.07) is 62.9. The minimum Gasteiger partial charge on any atom is -0.456 e. The van der Waals surface area contributed by atoms with E-state index >= 15 is 0 Å². The summed E-state index contributed by atoms with van der Waals surface area (Å²) in [4.78, 5) is 0. The number of hydrogen-bond acceptors (Lipinski definition) is 2. The largest absolute Gasteiger partial charge is 0.456 e. The van der Waals surface area contributed by atoms with E-state index in [1.54, 1.807) is 0 Å². The van der Waals surface area contributed by atoms with Gasteiger partial charge in [-0.15, -0.1) is 0 Å². The van der Waals surface area contributed by atoms with Crippen LogP contribution in [0.1, 0.15) is 22.6 Å². The first kappa shape index (κ1) is 27.7. The van der Waals surface area contributed by atoms with Crippen LogP contribution in [0, 0.1) is 0 Å². The molecule has 1 atom stereocenters. The molecule has 2 aromatic heterocycles. The van der Waals surface area contributed by atoms with Crippen molar-refractivity contribution in [1.29, 1.82) is 0 Å². The van der Waals surface area contributed by atoms with E-state index in [4.69, 9.17) is 8.83 Å². The van der Waals surface area contributed by atoms with E-state index in [2.05, 4.69) is 152 Å².